The normalized spacial score (nSPS) is 14.1. The first-order chi connectivity index (χ1) is 14.3. The van der Waals surface area contributed by atoms with E-state index in [-0.39, 0.29) is 5.91 Å². The van der Waals surface area contributed by atoms with Gasteiger partial charge in [-0.1, -0.05) is 29.8 Å². The number of nitrogens with zero attached hydrogens (tertiary/aromatic N) is 1. The van der Waals surface area contributed by atoms with Crippen molar-refractivity contribution in [3.05, 3.63) is 53.6 Å². The fraction of sp³-hybridized carbons (Fsp3) is 0.409. The summed E-state index contributed by atoms with van der Waals surface area (Å²) >= 11 is 0. The van der Waals surface area contributed by atoms with Gasteiger partial charge in [-0.2, -0.15) is 0 Å². The molecule has 3 rings (SSSR count). The number of hydrogen-bond acceptors (Lipinski definition) is 5. The zero-order valence-electron chi connectivity index (χ0n) is 17.6. The van der Waals surface area contributed by atoms with Crippen molar-refractivity contribution in [3.8, 4) is 11.5 Å². The summed E-state index contributed by atoms with van der Waals surface area (Å²) in [6.45, 7) is 4.93. The standard InChI is InChI=1S/C22H28N2O5S/c1-16-6-8-18(9-7-16)5-4-12-23-22(25)17(2)24(30(3,26)27)19-10-11-20-21(15-19)29-14-13-28-20/h6-11,15,17H,4-5,12-14H2,1-3H3,(H,23,25)/t17-/m1/s1. The van der Waals surface area contributed by atoms with Gasteiger partial charge in [-0.25, -0.2) is 8.42 Å². The fourth-order valence-electron chi connectivity index (χ4n) is 3.38. The third kappa shape index (κ3) is 5.44. The molecule has 1 atom stereocenters. The summed E-state index contributed by atoms with van der Waals surface area (Å²) < 4.78 is 37.1. The van der Waals surface area contributed by atoms with Crippen LogP contribution in [0.1, 0.15) is 24.5 Å². The minimum absolute atomic E-state index is 0.348. The number of amides is 1. The molecule has 0 aromatic heterocycles. The molecule has 30 heavy (non-hydrogen) atoms. The van der Waals surface area contributed by atoms with Crippen molar-refractivity contribution in [2.24, 2.45) is 0 Å². The summed E-state index contributed by atoms with van der Waals surface area (Å²) in [4.78, 5) is 12.7. The maximum Gasteiger partial charge on any atom is 0.243 e. The molecule has 1 heterocycles. The van der Waals surface area contributed by atoms with Gasteiger partial charge in [-0.15, -0.1) is 0 Å². The fourth-order valence-corrected chi connectivity index (χ4v) is 4.55. The van der Waals surface area contributed by atoms with E-state index in [0.29, 0.717) is 36.9 Å². The smallest absolute Gasteiger partial charge is 0.243 e. The van der Waals surface area contributed by atoms with E-state index in [0.717, 1.165) is 23.4 Å². The number of anilines is 1. The predicted octanol–water partition coefficient (Wildman–Crippen LogP) is 2.67. The maximum atomic E-state index is 12.7. The van der Waals surface area contributed by atoms with Crippen molar-refractivity contribution in [2.45, 2.75) is 32.7 Å². The van der Waals surface area contributed by atoms with E-state index < -0.39 is 16.1 Å². The first-order valence-corrected chi connectivity index (χ1v) is 11.8. The minimum Gasteiger partial charge on any atom is -0.486 e. The number of sulfonamides is 1. The molecule has 0 saturated carbocycles. The Labute approximate surface area is 178 Å². The zero-order valence-corrected chi connectivity index (χ0v) is 18.4. The van der Waals surface area contributed by atoms with Gasteiger partial charge in [0.1, 0.15) is 19.3 Å². The van der Waals surface area contributed by atoms with Crippen LogP contribution >= 0.6 is 0 Å². The lowest BCUT2D eigenvalue weighted by Crippen LogP contribution is -2.48. The molecule has 0 unspecified atom stereocenters. The van der Waals surface area contributed by atoms with Crippen molar-refractivity contribution in [1.82, 2.24) is 5.32 Å². The number of benzene rings is 2. The van der Waals surface area contributed by atoms with Crippen LogP contribution in [0.5, 0.6) is 11.5 Å². The average molecular weight is 433 g/mol. The molecule has 2 aromatic rings. The predicted molar refractivity (Wildman–Crippen MR) is 117 cm³/mol. The Balaban J connectivity index is 1.64. The number of fused-ring (bicyclic) bond motifs is 1. The van der Waals surface area contributed by atoms with Gasteiger partial charge in [0.15, 0.2) is 11.5 Å². The molecule has 7 nitrogen and oxygen atoms in total. The summed E-state index contributed by atoms with van der Waals surface area (Å²) in [6, 6.07) is 12.3. The van der Waals surface area contributed by atoms with Crippen molar-refractivity contribution in [1.29, 1.82) is 0 Å². The van der Waals surface area contributed by atoms with Gasteiger partial charge >= 0.3 is 0 Å². The highest BCUT2D eigenvalue weighted by atomic mass is 32.2. The van der Waals surface area contributed by atoms with Crippen LogP contribution in [0.3, 0.4) is 0 Å². The van der Waals surface area contributed by atoms with E-state index in [1.165, 1.54) is 11.1 Å². The lowest BCUT2D eigenvalue weighted by Gasteiger charge is -2.29. The molecule has 1 N–H and O–H groups in total. The van der Waals surface area contributed by atoms with E-state index in [1.54, 1.807) is 25.1 Å². The molecule has 2 aromatic carbocycles. The van der Waals surface area contributed by atoms with Crippen LogP contribution in [0.25, 0.3) is 0 Å². The topological polar surface area (TPSA) is 84.9 Å². The molecule has 1 aliphatic heterocycles. The van der Waals surface area contributed by atoms with Crippen molar-refractivity contribution in [2.75, 3.05) is 30.3 Å². The highest BCUT2D eigenvalue weighted by Gasteiger charge is 2.30. The molecule has 0 bridgehead atoms. The quantitative estimate of drug-likeness (QED) is 0.649. The zero-order chi connectivity index (χ0) is 21.7. The molecule has 0 saturated heterocycles. The van der Waals surface area contributed by atoms with Crippen LogP contribution in [0, 0.1) is 6.92 Å². The van der Waals surface area contributed by atoms with Crippen molar-refractivity contribution >= 4 is 21.6 Å². The van der Waals surface area contributed by atoms with Crippen LogP contribution in [-0.4, -0.2) is 46.4 Å². The average Bonchev–Trinajstić information content (AvgIpc) is 2.71. The molecule has 8 heteroatoms. The molecule has 0 fully saturated rings. The second kappa shape index (κ2) is 9.38. The first kappa shape index (κ1) is 22.0. The first-order valence-electron chi connectivity index (χ1n) is 9.98. The summed E-state index contributed by atoms with van der Waals surface area (Å²) in [6.07, 6.45) is 2.70. The molecule has 0 aliphatic carbocycles. The van der Waals surface area contributed by atoms with Gasteiger partial charge in [0.05, 0.1) is 11.9 Å². The number of aryl methyl sites for hydroxylation is 2. The summed E-state index contributed by atoms with van der Waals surface area (Å²) in [7, 11) is -3.69. The van der Waals surface area contributed by atoms with Gasteiger partial charge < -0.3 is 14.8 Å². The lowest BCUT2D eigenvalue weighted by atomic mass is 10.1. The van der Waals surface area contributed by atoms with Gasteiger partial charge in [-0.05, 0) is 44.4 Å². The highest BCUT2D eigenvalue weighted by molar-refractivity contribution is 7.92. The van der Waals surface area contributed by atoms with Crippen LogP contribution in [0.4, 0.5) is 5.69 Å². The van der Waals surface area contributed by atoms with Gasteiger partial charge in [0.2, 0.25) is 15.9 Å². The SMILES string of the molecule is Cc1ccc(CCCNC(=O)[C@@H](C)N(c2ccc3c(c2)OCCO3)S(C)(=O)=O)cc1. The Hall–Kier alpha value is -2.74. The largest absolute Gasteiger partial charge is 0.486 e. The Bertz CT molecular complexity index is 989. The van der Waals surface area contributed by atoms with E-state index >= 15 is 0 Å². The van der Waals surface area contributed by atoms with E-state index in [4.69, 9.17) is 9.47 Å². The Morgan fingerprint density at radius 1 is 1.10 bits per heavy atom. The third-order valence-electron chi connectivity index (χ3n) is 4.93. The third-order valence-corrected chi connectivity index (χ3v) is 6.17. The molecule has 1 amide bonds. The van der Waals surface area contributed by atoms with Gasteiger partial charge in [0, 0.05) is 12.6 Å². The Morgan fingerprint density at radius 3 is 2.43 bits per heavy atom. The number of carbonyl (C=O) groups excluding carboxylic acids is 1. The van der Waals surface area contributed by atoms with Crippen LogP contribution in [-0.2, 0) is 21.2 Å². The highest BCUT2D eigenvalue weighted by Crippen LogP contribution is 2.35. The molecule has 0 spiro atoms. The number of hydrogen-bond donors (Lipinski definition) is 1. The Kier molecular flexibility index (Phi) is 6.87. The van der Waals surface area contributed by atoms with Crippen molar-refractivity contribution in [3.63, 3.8) is 0 Å². The Morgan fingerprint density at radius 2 is 1.77 bits per heavy atom. The van der Waals surface area contributed by atoms with Gasteiger partial charge in [-0.3, -0.25) is 9.10 Å². The number of carbonyl (C=O) groups is 1. The number of nitrogens with one attached hydrogen (secondary N) is 1. The number of ether oxygens (including phenoxy) is 2. The summed E-state index contributed by atoms with van der Waals surface area (Å²) in [5.74, 6) is 0.684. The lowest BCUT2D eigenvalue weighted by molar-refractivity contribution is -0.121. The van der Waals surface area contributed by atoms with E-state index in [2.05, 4.69) is 29.6 Å². The van der Waals surface area contributed by atoms with Gasteiger partial charge in [0.25, 0.3) is 0 Å². The minimum atomic E-state index is -3.69. The van der Waals surface area contributed by atoms with Crippen LogP contribution < -0.4 is 19.1 Å². The molecule has 0 radical (unpaired) electrons. The monoisotopic (exact) mass is 432 g/mol. The maximum absolute atomic E-state index is 12.7. The number of rotatable bonds is 8. The van der Waals surface area contributed by atoms with Crippen LogP contribution in [0.2, 0.25) is 0 Å². The van der Waals surface area contributed by atoms with E-state index in [1.807, 2.05) is 6.92 Å². The summed E-state index contributed by atoms with van der Waals surface area (Å²) in [5.41, 5.74) is 2.78. The van der Waals surface area contributed by atoms with Crippen molar-refractivity contribution < 1.29 is 22.7 Å². The molecule has 1 aliphatic rings. The molecule has 162 valence electrons. The second-order valence-corrected chi connectivity index (χ2v) is 9.30. The molecular formula is C22H28N2O5S. The summed E-state index contributed by atoms with van der Waals surface area (Å²) in [5, 5.41) is 2.85. The second-order valence-electron chi connectivity index (χ2n) is 7.44. The molecular weight excluding hydrogens is 404 g/mol. The van der Waals surface area contributed by atoms with Crippen LogP contribution in [0.15, 0.2) is 42.5 Å². The van der Waals surface area contributed by atoms with E-state index in [9.17, 15) is 13.2 Å².